The minimum Gasteiger partial charge on any atom is -0.355 e. The number of alkyl halides is 3. The number of benzene rings is 2. The molecule has 2 aromatic carbocycles. The molecule has 0 radical (unpaired) electrons. The van der Waals surface area contributed by atoms with Gasteiger partial charge < -0.3 is 5.32 Å². The van der Waals surface area contributed by atoms with Crippen molar-refractivity contribution in [3.8, 4) is 0 Å². The predicted molar refractivity (Wildman–Crippen MR) is 110 cm³/mol. The predicted octanol–water partition coefficient (Wildman–Crippen LogP) is 4.36. The summed E-state index contributed by atoms with van der Waals surface area (Å²) in [6, 6.07) is 13.7. The Kier molecular flexibility index (Phi) is 6.81. The third-order valence-electron chi connectivity index (χ3n) is 4.39. The molecule has 0 aliphatic carbocycles. The van der Waals surface area contributed by atoms with Crippen LogP contribution in [0.1, 0.15) is 24.5 Å². The second-order valence-corrected chi connectivity index (χ2v) is 7.78. The van der Waals surface area contributed by atoms with E-state index in [2.05, 4.69) is 10.3 Å². The van der Waals surface area contributed by atoms with Gasteiger partial charge in [-0.05, 0) is 36.8 Å². The summed E-state index contributed by atoms with van der Waals surface area (Å²) in [5.74, 6) is -0.533. The number of thioether (sulfide) groups is 1. The highest BCUT2D eigenvalue weighted by Gasteiger charge is 2.36. The lowest BCUT2D eigenvalue weighted by Gasteiger charge is -2.31. The SMILES string of the molecule is CCNC(=O)[C@H]1CC(=O)N(Cc2ccccc2)C(=Nc2ccc(C(F)(F)F)cc2)S1. The van der Waals surface area contributed by atoms with Crippen LogP contribution in [0.3, 0.4) is 0 Å². The quantitative estimate of drug-likeness (QED) is 0.759. The van der Waals surface area contributed by atoms with Crippen LogP contribution in [0.4, 0.5) is 18.9 Å². The molecule has 158 valence electrons. The maximum atomic E-state index is 12.8. The standard InChI is InChI=1S/C21H20F3N3O2S/c1-2-25-19(29)17-12-18(28)27(13-14-6-4-3-5-7-14)20(30-17)26-16-10-8-15(9-11-16)21(22,23)24/h3-11,17H,2,12-13H2,1H3,(H,25,29)/t17-/m1/s1. The van der Waals surface area contributed by atoms with Gasteiger partial charge in [0.25, 0.3) is 0 Å². The highest BCUT2D eigenvalue weighted by molar-refractivity contribution is 8.15. The van der Waals surface area contributed by atoms with E-state index in [1.54, 1.807) is 6.92 Å². The molecule has 1 aliphatic heterocycles. The molecule has 2 amide bonds. The van der Waals surface area contributed by atoms with E-state index in [9.17, 15) is 22.8 Å². The van der Waals surface area contributed by atoms with Crippen molar-refractivity contribution in [3.05, 3.63) is 65.7 Å². The summed E-state index contributed by atoms with van der Waals surface area (Å²) < 4.78 is 38.4. The molecule has 0 spiro atoms. The maximum absolute atomic E-state index is 12.8. The van der Waals surface area contributed by atoms with Crippen molar-refractivity contribution < 1.29 is 22.8 Å². The lowest BCUT2D eigenvalue weighted by molar-refractivity contribution is -0.137. The van der Waals surface area contributed by atoms with Gasteiger partial charge in [-0.3, -0.25) is 14.5 Å². The van der Waals surface area contributed by atoms with Crippen LogP contribution >= 0.6 is 11.8 Å². The Morgan fingerprint density at radius 1 is 1.17 bits per heavy atom. The van der Waals surface area contributed by atoms with E-state index in [0.717, 1.165) is 29.5 Å². The zero-order valence-electron chi connectivity index (χ0n) is 16.1. The van der Waals surface area contributed by atoms with Gasteiger partial charge in [-0.15, -0.1) is 0 Å². The number of hydrogen-bond donors (Lipinski definition) is 1. The van der Waals surface area contributed by atoms with Crippen molar-refractivity contribution >= 4 is 34.4 Å². The van der Waals surface area contributed by atoms with Gasteiger partial charge in [-0.25, -0.2) is 4.99 Å². The monoisotopic (exact) mass is 435 g/mol. The zero-order chi connectivity index (χ0) is 21.7. The van der Waals surface area contributed by atoms with Crippen molar-refractivity contribution in [1.82, 2.24) is 10.2 Å². The van der Waals surface area contributed by atoms with E-state index in [4.69, 9.17) is 0 Å². The molecule has 2 aromatic rings. The number of carbonyl (C=O) groups is 2. The zero-order valence-corrected chi connectivity index (χ0v) is 17.0. The molecule has 0 unspecified atom stereocenters. The van der Waals surface area contributed by atoms with Crippen LogP contribution < -0.4 is 5.32 Å². The van der Waals surface area contributed by atoms with Gasteiger partial charge in [0.05, 0.1) is 23.0 Å². The van der Waals surface area contributed by atoms with E-state index in [1.807, 2.05) is 30.3 Å². The first-order chi connectivity index (χ1) is 14.3. The van der Waals surface area contributed by atoms with Crippen molar-refractivity contribution in [2.24, 2.45) is 4.99 Å². The van der Waals surface area contributed by atoms with Gasteiger partial charge >= 0.3 is 6.18 Å². The van der Waals surface area contributed by atoms with Gasteiger partial charge in [0.1, 0.15) is 0 Å². The van der Waals surface area contributed by atoms with Crippen molar-refractivity contribution in [1.29, 1.82) is 0 Å². The maximum Gasteiger partial charge on any atom is 0.416 e. The van der Waals surface area contributed by atoms with Crippen molar-refractivity contribution in [2.45, 2.75) is 31.3 Å². The Hall–Kier alpha value is -2.81. The number of nitrogens with zero attached hydrogens (tertiary/aromatic N) is 2. The molecule has 1 heterocycles. The van der Waals surface area contributed by atoms with Gasteiger partial charge in [0.15, 0.2) is 5.17 Å². The Balaban J connectivity index is 1.91. The fourth-order valence-corrected chi connectivity index (χ4v) is 4.01. The number of halogens is 3. The molecule has 1 aliphatic rings. The molecule has 30 heavy (non-hydrogen) atoms. The number of rotatable bonds is 5. The summed E-state index contributed by atoms with van der Waals surface area (Å²) in [5, 5.41) is 2.34. The van der Waals surface area contributed by atoms with E-state index >= 15 is 0 Å². The Bertz CT molecular complexity index is 931. The van der Waals surface area contributed by atoms with E-state index in [1.165, 1.54) is 17.0 Å². The van der Waals surface area contributed by atoms with E-state index in [-0.39, 0.29) is 35.6 Å². The number of amides is 2. The molecule has 1 atom stereocenters. The minimum atomic E-state index is -4.44. The smallest absolute Gasteiger partial charge is 0.355 e. The second-order valence-electron chi connectivity index (χ2n) is 6.61. The molecule has 0 saturated carbocycles. The molecule has 0 bridgehead atoms. The summed E-state index contributed by atoms with van der Waals surface area (Å²) in [7, 11) is 0. The highest BCUT2D eigenvalue weighted by Crippen LogP contribution is 2.33. The van der Waals surface area contributed by atoms with E-state index < -0.39 is 17.0 Å². The molecule has 5 nitrogen and oxygen atoms in total. The Morgan fingerprint density at radius 3 is 2.43 bits per heavy atom. The molecule has 0 aromatic heterocycles. The number of amidine groups is 1. The van der Waals surface area contributed by atoms with Crippen LogP contribution in [0.15, 0.2) is 59.6 Å². The van der Waals surface area contributed by atoms with Crippen LogP contribution in [0, 0.1) is 0 Å². The second kappa shape index (κ2) is 9.34. The van der Waals surface area contributed by atoms with Crippen LogP contribution in [0.2, 0.25) is 0 Å². The average Bonchev–Trinajstić information content (AvgIpc) is 2.71. The van der Waals surface area contributed by atoms with E-state index in [0.29, 0.717) is 6.54 Å². The first-order valence-electron chi connectivity index (χ1n) is 9.32. The summed E-state index contributed by atoms with van der Waals surface area (Å²) in [6.45, 7) is 2.48. The van der Waals surface area contributed by atoms with Gasteiger partial charge in [0.2, 0.25) is 11.8 Å². The lowest BCUT2D eigenvalue weighted by Crippen LogP contribution is -2.46. The van der Waals surface area contributed by atoms with Gasteiger partial charge in [-0.1, -0.05) is 42.1 Å². The molecule has 1 N–H and O–H groups in total. The number of hydrogen-bond acceptors (Lipinski definition) is 4. The molecular weight excluding hydrogens is 415 g/mol. The minimum absolute atomic E-state index is 0.0232. The van der Waals surface area contributed by atoms with Crippen LogP contribution in [0.5, 0.6) is 0 Å². The first-order valence-corrected chi connectivity index (χ1v) is 10.2. The largest absolute Gasteiger partial charge is 0.416 e. The summed E-state index contributed by atoms with van der Waals surface area (Å²) in [4.78, 5) is 31.0. The molecule has 1 saturated heterocycles. The molecule has 3 rings (SSSR count). The van der Waals surface area contributed by atoms with Crippen molar-refractivity contribution in [2.75, 3.05) is 6.54 Å². The number of aliphatic imine (C=N–C) groups is 1. The summed E-state index contributed by atoms with van der Waals surface area (Å²) >= 11 is 1.14. The van der Waals surface area contributed by atoms with Gasteiger partial charge in [-0.2, -0.15) is 13.2 Å². The number of nitrogens with one attached hydrogen (secondary N) is 1. The first kappa shape index (κ1) is 21.9. The fraction of sp³-hybridized carbons (Fsp3) is 0.286. The average molecular weight is 435 g/mol. The Labute approximate surface area is 176 Å². The lowest BCUT2D eigenvalue weighted by atomic mass is 10.2. The van der Waals surface area contributed by atoms with Gasteiger partial charge in [0, 0.05) is 13.0 Å². The third-order valence-corrected chi connectivity index (χ3v) is 5.57. The summed E-state index contributed by atoms with van der Waals surface area (Å²) in [5.41, 5.74) is 0.371. The van der Waals surface area contributed by atoms with Crippen LogP contribution in [-0.2, 0) is 22.3 Å². The number of carbonyl (C=O) groups excluding carboxylic acids is 2. The Morgan fingerprint density at radius 2 is 1.83 bits per heavy atom. The molecule has 1 fully saturated rings. The topological polar surface area (TPSA) is 61.8 Å². The fourth-order valence-electron chi connectivity index (χ4n) is 2.89. The third kappa shape index (κ3) is 5.41. The molecule has 9 heteroatoms. The normalized spacial score (nSPS) is 18.5. The summed E-state index contributed by atoms with van der Waals surface area (Å²) in [6.07, 6.45) is -4.42. The van der Waals surface area contributed by atoms with Crippen LogP contribution in [-0.4, -0.2) is 33.7 Å². The highest BCUT2D eigenvalue weighted by atomic mass is 32.2. The van der Waals surface area contributed by atoms with Crippen molar-refractivity contribution in [3.63, 3.8) is 0 Å². The van der Waals surface area contributed by atoms with Crippen LogP contribution in [0.25, 0.3) is 0 Å². The molecular formula is C21H20F3N3O2S.